The van der Waals surface area contributed by atoms with E-state index < -0.39 is 22.2 Å². The maximum atomic E-state index is 12.7. The number of amides is 2. The number of unbranched alkanes of at least 4 members (excludes halogenated alkanes) is 3. The zero-order chi connectivity index (χ0) is 35.8. The van der Waals surface area contributed by atoms with Crippen LogP contribution in [0.25, 0.3) is 11.1 Å². The topological polar surface area (TPSA) is 192 Å². The van der Waals surface area contributed by atoms with E-state index in [0.29, 0.717) is 66.6 Å². The van der Waals surface area contributed by atoms with Gasteiger partial charge in [0.05, 0.1) is 37.4 Å². The highest BCUT2D eigenvalue weighted by Gasteiger charge is 2.15. The molecule has 0 saturated heterocycles. The Morgan fingerprint density at radius 1 is 0.800 bits per heavy atom. The normalized spacial score (nSPS) is 12.1. The van der Waals surface area contributed by atoms with Crippen molar-refractivity contribution in [2.45, 2.75) is 49.9 Å². The SMILES string of the molecule is NS(=O)(=O)c1ccccc1-c1cccc(NC(=O)Nc2cccc(COCCOCCCCCCNC[C@H](O)c3ccc(O)c(CO)c3)c2)c1. The number of aromatic hydroxyl groups is 1. The number of urea groups is 1. The molecule has 0 aliphatic heterocycles. The largest absolute Gasteiger partial charge is 0.508 e. The van der Waals surface area contributed by atoms with Crippen LogP contribution < -0.4 is 21.1 Å². The number of ether oxygens (including phenoxy) is 2. The molecule has 13 heteroatoms. The van der Waals surface area contributed by atoms with Gasteiger partial charge in [-0.2, -0.15) is 0 Å². The number of primary sulfonamides is 1. The number of aliphatic hydroxyl groups is 2. The number of anilines is 2. The summed E-state index contributed by atoms with van der Waals surface area (Å²) in [5, 5.41) is 43.5. The average molecular weight is 707 g/mol. The molecule has 8 N–H and O–H groups in total. The first kappa shape index (κ1) is 38.5. The van der Waals surface area contributed by atoms with Crippen LogP contribution in [-0.2, 0) is 32.7 Å². The van der Waals surface area contributed by atoms with Gasteiger partial charge in [0.15, 0.2) is 0 Å². The van der Waals surface area contributed by atoms with E-state index in [-0.39, 0.29) is 17.3 Å². The lowest BCUT2D eigenvalue weighted by Gasteiger charge is -2.14. The highest BCUT2D eigenvalue weighted by Crippen LogP contribution is 2.28. The first-order valence-corrected chi connectivity index (χ1v) is 18.0. The van der Waals surface area contributed by atoms with E-state index in [1.165, 1.54) is 12.1 Å². The van der Waals surface area contributed by atoms with Gasteiger partial charge in [-0.25, -0.2) is 18.4 Å². The van der Waals surface area contributed by atoms with Crippen molar-refractivity contribution in [2.75, 3.05) is 43.5 Å². The number of nitrogens with one attached hydrogen (secondary N) is 3. The van der Waals surface area contributed by atoms with Crippen molar-refractivity contribution in [3.8, 4) is 16.9 Å². The lowest BCUT2D eigenvalue weighted by atomic mass is 10.1. The van der Waals surface area contributed by atoms with Crippen molar-refractivity contribution in [1.82, 2.24) is 5.32 Å². The van der Waals surface area contributed by atoms with E-state index in [0.717, 1.165) is 37.8 Å². The molecule has 0 bridgehead atoms. The third-order valence-corrected chi connectivity index (χ3v) is 8.81. The molecule has 268 valence electrons. The Hall–Kier alpha value is -4.34. The van der Waals surface area contributed by atoms with Crippen molar-refractivity contribution in [3.05, 3.63) is 108 Å². The molecule has 0 fully saturated rings. The molecule has 0 unspecified atom stereocenters. The summed E-state index contributed by atoms with van der Waals surface area (Å²) >= 11 is 0. The number of aliphatic hydroxyl groups excluding tert-OH is 2. The molecule has 2 amide bonds. The Balaban J connectivity index is 1.06. The molecule has 0 aliphatic rings. The van der Waals surface area contributed by atoms with Gasteiger partial charge in [-0.3, -0.25) is 0 Å². The summed E-state index contributed by atoms with van der Waals surface area (Å²) in [6.07, 6.45) is 3.30. The van der Waals surface area contributed by atoms with Crippen LogP contribution in [-0.4, -0.2) is 62.7 Å². The van der Waals surface area contributed by atoms with Crippen LogP contribution in [0.4, 0.5) is 16.2 Å². The number of hydrogen-bond acceptors (Lipinski definition) is 9. The van der Waals surface area contributed by atoms with Gasteiger partial charge in [0.1, 0.15) is 5.75 Å². The number of carbonyl (C=O) groups is 1. The third-order valence-electron chi connectivity index (χ3n) is 7.84. The standard InChI is InChI=1S/C37H46N4O8S/c38-50(46,47)36-14-4-3-13-33(36)28-10-8-12-32(23-28)41-37(45)40-31-11-7-9-27(21-31)26-49-20-19-48-18-6-2-1-5-17-39-24-35(44)29-15-16-34(43)30(22-29)25-42/h3-4,7-16,21-23,35,39,42-44H,1-2,5-6,17-20,24-26H2,(H2,38,46,47)(H2,40,41,45)/t35-/m0/s1. The van der Waals surface area contributed by atoms with Crippen LogP contribution in [0, 0.1) is 0 Å². The molecular weight excluding hydrogens is 660 g/mol. The summed E-state index contributed by atoms with van der Waals surface area (Å²) in [5.41, 5.74) is 4.06. The zero-order valence-electron chi connectivity index (χ0n) is 27.9. The maximum Gasteiger partial charge on any atom is 0.323 e. The smallest absolute Gasteiger partial charge is 0.323 e. The van der Waals surface area contributed by atoms with Crippen LogP contribution in [0.5, 0.6) is 5.75 Å². The van der Waals surface area contributed by atoms with Crippen LogP contribution in [0.15, 0.2) is 95.9 Å². The summed E-state index contributed by atoms with van der Waals surface area (Å²) in [5.74, 6) is 0.0187. The minimum Gasteiger partial charge on any atom is -0.508 e. The third kappa shape index (κ3) is 12.5. The Bertz CT molecular complexity index is 1790. The number of rotatable bonds is 20. The molecule has 0 aliphatic carbocycles. The fourth-order valence-corrected chi connectivity index (χ4v) is 6.02. The molecule has 4 aromatic carbocycles. The van der Waals surface area contributed by atoms with Crippen LogP contribution in [0.1, 0.15) is 48.5 Å². The minimum absolute atomic E-state index is 0.00548. The predicted octanol–water partition coefficient (Wildman–Crippen LogP) is 5.26. The number of hydrogen-bond donors (Lipinski definition) is 7. The summed E-state index contributed by atoms with van der Waals surface area (Å²) < 4.78 is 35.5. The molecule has 0 spiro atoms. The molecule has 1 atom stereocenters. The molecule has 4 rings (SSSR count). The van der Waals surface area contributed by atoms with E-state index in [4.69, 9.17) is 14.6 Å². The monoisotopic (exact) mass is 706 g/mol. The van der Waals surface area contributed by atoms with E-state index in [2.05, 4.69) is 16.0 Å². The predicted molar refractivity (Wildman–Crippen MR) is 193 cm³/mol. The second-order valence-corrected chi connectivity index (χ2v) is 13.3. The maximum absolute atomic E-state index is 12.7. The molecule has 0 heterocycles. The first-order chi connectivity index (χ1) is 24.1. The van der Waals surface area contributed by atoms with Gasteiger partial charge in [0.25, 0.3) is 0 Å². The van der Waals surface area contributed by atoms with Crippen LogP contribution >= 0.6 is 0 Å². The summed E-state index contributed by atoms with van der Waals surface area (Å²) in [6, 6.07) is 24.9. The van der Waals surface area contributed by atoms with Gasteiger partial charge in [-0.15, -0.1) is 0 Å². The lowest BCUT2D eigenvalue weighted by Crippen LogP contribution is -2.22. The quantitative estimate of drug-likeness (QED) is 0.0601. The summed E-state index contributed by atoms with van der Waals surface area (Å²) in [7, 11) is -3.92. The zero-order valence-corrected chi connectivity index (χ0v) is 28.7. The average Bonchev–Trinajstić information content (AvgIpc) is 3.10. The fourth-order valence-electron chi connectivity index (χ4n) is 5.26. The molecule has 0 saturated carbocycles. The van der Waals surface area contributed by atoms with Crippen LogP contribution in [0.3, 0.4) is 0 Å². The van der Waals surface area contributed by atoms with Gasteiger partial charge < -0.3 is 40.7 Å². The number of sulfonamides is 1. The summed E-state index contributed by atoms with van der Waals surface area (Å²) in [4.78, 5) is 12.7. The molecule has 0 aromatic heterocycles. The lowest BCUT2D eigenvalue weighted by molar-refractivity contribution is 0.0393. The Kier molecular flexibility index (Phi) is 15.2. The molecule has 50 heavy (non-hydrogen) atoms. The Morgan fingerprint density at radius 3 is 2.30 bits per heavy atom. The van der Waals surface area contributed by atoms with Crippen molar-refractivity contribution >= 4 is 27.4 Å². The fraction of sp³-hybridized carbons (Fsp3) is 0.324. The minimum atomic E-state index is -3.92. The number of carbonyl (C=O) groups excluding carboxylic acids is 1. The van der Waals surface area contributed by atoms with Crippen molar-refractivity contribution < 1.29 is 38.0 Å². The van der Waals surface area contributed by atoms with E-state index in [1.54, 1.807) is 60.7 Å². The Morgan fingerprint density at radius 2 is 1.52 bits per heavy atom. The molecule has 0 radical (unpaired) electrons. The van der Waals surface area contributed by atoms with Gasteiger partial charge in [0.2, 0.25) is 10.0 Å². The Labute approximate surface area is 293 Å². The molecular formula is C37H46N4O8S. The van der Waals surface area contributed by atoms with Crippen molar-refractivity contribution in [1.29, 1.82) is 0 Å². The number of phenols is 1. The molecule has 4 aromatic rings. The van der Waals surface area contributed by atoms with Crippen molar-refractivity contribution in [3.63, 3.8) is 0 Å². The first-order valence-electron chi connectivity index (χ1n) is 16.5. The van der Waals surface area contributed by atoms with Crippen LogP contribution in [0.2, 0.25) is 0 Å². The van der Waals surface area contributed by atoms with Crippen molar-refractivity contribution in [2.24, 2.45) is 5.14 Å². The second-order valence-electron chi connectivity index (χ2n) is 11.7. The van der Waals surface area contributed by atoms with Gasteiger partial charge >= 0.3 is 6.03 Å². The second kappa shape index (κ2) is 19.7. The highest BCUT2D eigenvalue weighted by atomic mass is 32.2. The number of nitrogens with two attached hydrogens (primary N) is 1. The van der Waals surface area contributed by atoms with Gasteiger partial charge in [-0.1, -0.05) is 61.4 Å². The molecule has 12 nitrogen and oxygen atoms in total. The van der Waals surface area contributed by atoms with E-state index in [1.807, 2.05) is 18.2 Å². The number of benzene rings is 4. The van der Waals surface area contributed by atoms with E-state index >= 15 is 0 Å². The van der Waals surface area contributed by atoms with Gasteiger partial charge in [0, 0.05) is 35.7 Å². The van der Waals surface area contributed by atoms with Gasteiger partial charge in [-0.05, 0) is 78.5 Å². The summed E-state index contributed by atoms with van der Waals surface area (Å²) in [6.45, 7) is 2.84. The van der Waals surface area contributed by atoms with E-state index in [9.17, 15) is 28.5 Å². The highest BCUT2D eigenvalue weighted by molar-refractivity contribution is 7.89.